The summed E-state index contributed by atoms with van der Waals surface area (Å²) < 4.78 is 6.47. The molecule has 1 aromatic carbocycles. The number of rotatable bonds is 7. The van der Waals surface area contributed by atoms with E-state index >= 15 is 0 Å². The number of pyridine rings is 1. The van der Waals surface area contributed by atoms with E-state index in [0.29, 0.717) is 17.7 Å². The molecule has 2 heterocycles. The van der Waals surface area contributed by atoms with Gasteiger partial charge in [0.2, 0.25) is 11.8 Å². The second kappa shape index (κ2) is 8.15. The number of hydrogen-bond donors (Lipinski definition) is 2. The van der Waals surface area contributed by atoms with Crippen molar-refractivity contribution in [3.8, 4) is 0 Å². The Bertz CT molecular complexity index is 960. The van der Waals surface area contributed by atoms with Crippen molar-refractivity contribution >= 4 is 22.6 Å². The van der Waals surface area contributed by atoms with Gasteiger partial charge in [0.05, 0.1) is 12.8 Å². The molecule has 0 aliphatic rings. The summed E-state index contributed by atoms with van der Waals surface area (Å²) in [5, 5.41) is 6.75. The fourth-order valence-corrected chi connectivity index (χ4v) is 2.57. The Balaban J connectivity index is 1.46. The number of carbonyl (C=O) groups excluding carboxylic acids is 2. The minimum atomic E-state index is -0.318. The molecule has 0 saturated heterocycles. The van der Waals surface area contributed by atoms with Crippen molar-refractivity contribution in [2.45, 2.75) is 19.5 Å². The van der Waals surface area contributed by atoms with Crippen LogP contribution in [0.25, 0.3) is 10.8 Å². The predicted molar refractivity (Wildman–Crippen MR) is 96.4 cm³/mol. The van der Waals surface area contributed by atoms with Crippen LogP contribution in [0.15, 0.2) is 64.1 Å². The Morgan fingerprint density at radius 1 is 1.00 bits per heavy atom. The quantitative estimate of drug-likeness (QED) is 0.672. The van der Waals surface area contributed by atoms with Crippen LogP contribution in [0.2, 0.25) is 0 Å². The number of hydrogen-bond acceptors (Lipinski definition) is 4. The van der Waals surface area contributed by atoms with Crippen LogP contribution in [0.1, 0.15) is 12.2 Å². The van der Waals surface area contributed by atoms with Crippen LogP contribution in [-0.2, 0) is 22.7 Å². The van der Waals surface area contributed by atoms with Gasteiger partial charge in [-0.15, -0.1) is 0 Å². The lowest BCUT2D eigenvalue weighted by atomic mass is 10.2. The number of furan rings is 1. The molecule has 2 amide bonds. The summed E-state index contributed by atoms with van der Waals surface area (Å²) >= 11 is 0. The highest BCUT2D eigenvalue weighted by atomic mass is 16.3. The lowest BCUT2D eigenvalue weighted by molar-refractivity contribution is -0.122. The first-order valence-electron chi connectivity index (χ1n) is 8.27. The van der Waals surface area contributed by atoms with Crippen molar-refractivity contribution < 1.29 is 14.0 Å². The number of nitrogens with one attached hydrogen (secondary N) is 2. The molecule has 0 saturated carbocycles. The Hall–Kier alpha value is -3.35. The maximum atomic E-state index is 12.4. The molecule has 2 aromatic heterocycles. The van der Waals surface area contributed by atoms with E-state index in [4.69, 9.17) is 4.42 Å². The summed E-state index contributed by atoms with van der Waals surface area (Å²) in [7, 11) is 0. The van der Waals surface area contributed by atoms with E-state index in [1.807, 2.05) is 12.1 Å². The molecule has 3 rings (SSSR count). The first-order chi connectivity index (χ1) is 12.6. The van der Waals surface area contributed by atoms with Gasteiger partial charge in [-0.2, -0.15) is 0 Å². The summed E-state index contributed by atoms with van der Waals surface area (Å²) in [5.41, 5.74) is -0.213. The second-order valence-electron chi connectivity index (χ2n) is 5.79. The Morgan fingerprint density at radius 2 is 1.85 bits per heavy atom. The third kappa shape index (κ3) is 4.38. The smallest absolute Gasteiger partial charge is 0.258 e. The standard InChI is InChI=1S/C19H19N3O4/c23-17(21-12-15-5-3-11-26-15)7-9-20-18(24)13-22-10-8-14-4-1-2-6-16(14)19(22)25/h1-6,8,10-11H,7,9,12-13H2,(H,20,24)(H,21,23). The van der Waals surface area contributed by atoms with Crippen LogP contribution in [0.3, 0.4) is 0 Å². The molecule has 2 N–H and O–H groups in total. The molecular weight excluding hydrogens is 334 g/mol. The van der Waals surface area contributed by atoms with Crippen LogP contribution in [0, 0.1) is 0 Å². The largest absolute Gasteiger partial charge is 0.467 e. The molecule has 7 heteroatoms. The van der Waals surface area contributed by atoms with Gasteiger partial charge in [-0.1, -0.05) is 18.2 Å². The van der Waals surface area contributed by atoms with Gasteiger partial charge in [0.25, 0.3) is 5.56 Å². The summed E-state index contributed by atoms with van der Waals surface area (Å²) in [5.74, 6) is 0.156. The molecule has 0 aliphatic heterocycles. The summed E-state index contributed by atoms with van der Waals surface area (Å²) in [6, 6.07) is 12.5. The monoisotopic (exact) mass is 353 g/mol. The van der Waals surface area contributed by atoms with Crippen molar-refractivity contribution in [3.63, 3.8) is 0 Å². The Kier molecular flexibility index (Phi) is 5.48. The molecule has 0 bridgehead atoms. The number of fused-ring (bicyclic) bond motifs is 1. The molecule has 3 aromatic rings. The molecular formula is C19H19N3O4. The van der Waals surface area contributed by atoms with Gasteiger partial charge in [0.1, 0.15) is 12.3 Å². The lowest BCUT2D eigenvalue weighted by Gasteiger charge is -2.08. The highest BCUT2D eigenvalue weighted by Crippen LogP contribution is 2.07. The highest BCUT2D eigenvalue weighted by Gasteiger charge is 2.08. The van der Waals surface area contributed by atoms with Crippen molar-refractivity contribution in [1.29, 1.82) is 0 Å². The van der Waals surface area contributed by atoms with Crippen LogP contribution < -0.4 is 16.2 Å². The molecule has 7 nitrogen and oxygen atoms in total. The van der Waals surface area contributed by atoms with Crippen LogP contribution in [0.5, 0.6) is 0 Å². The van der Waals surface area contributed by atoms with E-state index in [-0.39, 0.29) is 36.9 Å². The number of nitrogens with zero attached hydrogens (tertiary/aromatic N) is 1. The molecule has 0 aliphatic carbocycles. The van der Waals surface area contributed by atoms with Gasteiger partial charge in [0.15, 0.2) is 0 Å². The van der Waals surface area contributed by atoms with Crippen LogP contribution in [-0.4, -0.2) is 22.9 Å². The third-order valence-corrected chi connectivity index (χ3v) is 3.91. The fourth-order valence-electron chi connectivity index (χ4n) is 2.57. The van der Waals surface area contributed by atoms with Crippen molar-refractivity contribution in [3.05, 3.63) is 71.0 Å². The zero-order chi connectivity index (χ0) is 18.4. The molecule has 0 fully saturated rings. The van der Waals surface area contributed by atoms with Gasteiger partial charge >= 0.3 is 0 Å². The van der Waals surface area contributed by atoms with E-state index < -0.39 is 0 Å². The lowest BCUT2D eigenvalue weighted by Crippen LogP contribution is -2.34. The molecule has 26 heavy (non-hydrogen) atoms. The molecule has 0 spiro atoms. The second-order valence-corrected chi connectivity index (χ2v) is 5.79. The number of benzene rings is 1. The van der Waals surface area contributed by atoms with E-state index in [9.17, 15) is 14.4 Å². The van der Waals surface area contributed by atoms with E-state index in [2.05, 4.69) is 10.6 Å². The van der Waals surface area contributed by atoms with E-state index in [0.717, 1.165) is 5.39 Å². The maximum absolute atomic E-state index is 12.4. The van der Waals surface area contributed by atoms with Gasteiger partial charge in [-0.05, 0) is 29.7 Å². The van der Waals surface area contributed by atoms with E-state index in [1.54, 1.807) is 36.5 Å². The SMILES string of the molecule is O=C(CCNC(=O)Cn1ccc2ccccc2c1=O)NCc1ccco1. The molecule has 134 valence electrons. The predicted octanol–water partition coefficient (Wildman–Crippen LogP) is 1.42. The summed E-state index contributed by atoms with van der Waals surface area (Å²) in [6.07, 6.45) is 3.29. The number of aromatic nitrogens is 1. The molecule has 0 radical (unpaired) electrons. The number of carbonyl (C=O) groups is 2. The fraction of sp³-hybridized carbons (Fsp3) is 0.211. The van der Waals surface area contributed by atoms with Gasteiger partial charge in [-0.3, -0.25) is 14.4 Å². The third-order valence-electron chi connectivity index (χ3n) is 3.91. The molecule has 0 unspecified atom stereocenters. The Morgan fingerprint density at radius 3 is 2.65 bits per heavy atom. The van der Waals surface area contributed by atoms with Crippen molar-refractivity contribution in [2.75, 3.05) is 6.54 Å². The highest BCUT2D eigenvalue weighted by molar-refractivity contribution is 5.82. The average Bonchev–Trinajstić information content (AvgIpc) is 3.16. The zero-order valence-corrected chi connectivity index (χ0v) is 14.1. The first-order valence-corrected chi connectivity index (χ1v) is 8.27. The Labute approximate surface area is 149 Å². The number of amides is 2. The van der Waals surface area contributed by atoms with Crippen molar-refractivity contribution in [2.24, 2.45) is 0 Å². The minimum Gasteiger partial charge on any atom is -0.467 e. The van der Waals surface area contributed by atoms with Gasteiger partial charge in [0, 0.05) is 24.5 Å². The summed E-state index contributed by atoms with van der Waals surface area (Å²) in [6.45, 7) is 0.426. The van der Waals surface area contributed by atoms with Crippen molar-refractivity contribution in [1.82, 2.24) is 15.2 Å². The minimum absolute atomic E-state index is 0.0856. The summed E-state index contributed by atoms with van der Waals surface area (Å²) in [4.78, 5) is 36.1. The van der Waals surface area contributed by atoms with Gasteiger partial charge in [-0.25, -0.2) is 0 Å². The van der Waals surface area contributed by atoms with Crippen LogP contribution in [0.4, 0.5) is 0 Å². The topological polar surface area (TPSA) is 93.3 Å². The maximum Gasteiger partial charge on any atom is 0.258 e. The molecule has 0 atom stereocenters. The first kappa shape index (κ1) is 17.5. The van der Waals surface area contributed by atoms with E-state index in [1.165, 1.54) is 10.8 Å². The zero-order valence-electron chi connectivity index (χ0n) is 14.1. The normalized spacial score (nSPS) is 10.6. The average molecular weight is 353 g/mol. The van der Waals surface area contributed by atoms with Crippen LogP contribution >= 0.6 is 0 Å². The van der Waals surface area contributed by atoms with Gasteiger partial charge < -0.3 is 19.6 Å².